The van der Waals surface area contributed by atoms with Crippen LogP contribution in [0.1, 0.15) is 54.4 Å². The third kappa shape index (κ3) is 2.07. The van der Waals surface area contributed by atoms with E-state index in [2.05, 4.69) is 41.5 Å². The smallest absolute Gasteiger partial charge is 0.0749 e. The van der Waals surface area contributed by atoms with Crippen LogP contribution in [0, 0.1) is 11.3 Å². The molecule has 0 fully saturated rings. The Morgan fingerprint density at radius 2 is 1.54 bits per heavy atom. The summed E-state index contributed by atoms with van der Waals surface area (Å²) in [6, 6.07) is 0. The molecular formula is C12H26O. The largest absolute Gasteiger partial charge is 0.377 e. The van der Waals surface area contributed by atoms with Crippen molar-refractivity contribution < 1.29 is 4.74 Å². The van der Waals surface area contributed by atoms with Gasteiger partial charge < -0.3 is 4.74 Å². The van der Waals surface area contributed by atoms with Crippen molar-refractivity contribution in [1.82, 2.24) is 0 Å². The number of ether oxygens (including phenoxy) is 1. The van der Waals surface area contributed by atoms with Crippen molar-refractivity contribution in [3.63, 3.8) is 0 Å². The summed E-state index contributed by atoms with van der Waals surface area (Å²) in [7, 11) is 1.85. The van der Waals surface area contributed by atoms with Crippen molar-refractivity contribution in [1.29, 1.82) is 0 Å². The normalized spacial score (nSPS) is 17.5. The van der Waals surface area contributed by atoms with Crippen molar-refractivity contribution >= 4 is 0 Å². The van der Waals surface area contributed by atoms with Crippen LogP contribution in [0.5, 0.6) is 0 Å². The number of hydrogen-bond donors (Lipinski definition) is 0. The second kappa shape index (κ2) is 4.45. The standard InChI is InChI=1S/C12H26O/c1-8-11(5,6)12(9-2,13-7)10(3)4/h10H,8-9H2,1-7H3/t12-/m0/s1. The molecule has 0 aliphatic heterocycles. The molecule has 1 nitrogen and oxygen atoms in total. The molecule has 0 aromatic carbocycles. The first-order chi connectivity index (χ1) is 5.88. The van der Waals surface area contributed by atoms with Gasteiger partial charge in [0.05, 0.1) is 5.60 Å². The maximum atomic E-state index is 5.80. The summed E-state index contributed by atoms with van der Waals surface area (Å²) in [5, 5.41) is 0. The minimum absolute atomic E-state index is 0.0295. The zero-order valence-electron chi connectivity index (χ0n) is 10.4. The summed E-state index contributed by atoms with van der Waals surface area (Å²) >= 11 is 0. The lowest BCUT2D eigenvalue weighted by atomic mass is 9.66. The van der Waals surface area contributed by atoms with Crippen LogP contribution < -0.4 is 0 Å². The fraction of sp³-hybridized carbons (Fsp3) is 1.00. The van der Waals surface area contributed by atoms with E-state index in [9.17, 15) is 0 Å². The summed E-state index contributed by atoms with van der Waals surface area (Å²) in [6.07, 6.45) is 2.24. The molecular weight excluding hydrogens is 160 g/mol. The molecule has 13 heavy (non-hydrogen) atoms. The third-order valence-corrected chi connectivity index (χ3v) is 3.85. The number of hydrogen-bond acceptors (Lipinski definition) is 1. The maximum Gasteiger partial charge on any atom is 0.0749 e. The van der Waals surface area contributed by atoms with Crippen LogP contribution >= 0.6 is 0 Å². The number of rotatable bonds is 5. The Kier molecular flexibility index (Phi) is 4.44. The monoisotopic (exact) mass is 186 g/mol. The van der Waals surface area contributed by atoms with Crippen LogP contribution in [0.3, 0.4) is 0 Å². The predicted octanol–water partition coefficient (Wildman–Crippen LogP) is 3.87. The van der Waals surface area contributed by atoms with E-state index < -0.39 is 0 Å². The Hall–Kier alpha value is -0.0400. The van der Waals surface area contributed by atoms with E-state index >= 15 is 0 Å². The molecule has 0 bridgehead atoms. The van der Waals surface area contributed by atoms with E-state index in [1.165, 1.54) is 0 Å². The average Bonchev–Trinajstić information content (AvgIpc) is 2.06. The molecule has 0 spiro atoms. The molecule has 0 amide bonds. The van der Waals surface area contributed by atoms with E-state index in [0.29, 0.717) is 5.92 Å². The fourth-order valence-electron chi connectivity index (χ4n) is 2.62. The maximum absolute atomic E-state index is 5.80. The van der Waals surface area contributed by atoms with Crippen LogP contribution in [0.25, 0.3) is 0 Å². The van der Waals surface area contributed by atoms with E-state index in [1.807, 2.05) is 7.11 Å². The van der Waals surface area contributed by atoms with Gasteiger partial charge in [-0.3, -0.25) is 0 Å². The molecule has 0 aromatic rings. The second-order valence-corrected chi connectivity index (χ2v) is 4.84. The number of methoxy groups -OCH3 is 1. The van der Waals surface area contributed by atoms with E-state index in [4.69, 9.17) is 4.74 Å². The Morgan fingerprint density at radius 1 is 1.08 bits per heavy atom. The molecule has 0 aromatic heterocycles. The summed E-state index contributed by atoms with van der Waals surface area (Å²) < 4.78 is 5.80. The highest BCUT2D eigenvalue weighted by Gasteiger charge is 2.44. The molecule has 0 unspecified atom stereocenters. The van der Waals surface area contributed by atoms with Gasteiger partial charge in [-0.2, -0.15) is 0 Å². The van der Waals surface area contributed by atoms with Gasteiger partial charge in [-0.25, -0.2) is 0 Å². The Morgan fingerprint density at radius 3 is 1.62 bits per heavy atom. The first-order valence-corrected chi connectivity index (χ1v) is 5.43. The summed E-state index contributed by atoms with van der Waals surface area (Å²) in [5.41, 5.74) is 0.284. The first-order valence-electron chi connectivity index (χ1n) is 5.43. The zero-order chi connectivity index (χ0) is 10.7. The highest BCUT2D eigenvalue weighted by Crippen LogP contribution is 2.44. The van der Waals surface area contributed by atoms with Crippen LogP contribution in [0.15, 0.2) is 0 Å². The Labute approximate surface area is 83.9 Å². The topological polar surface area (TPSA) is 9.23 Å². The summed E-state index contributed by atoms with van der Waals surface area (Å²) in [5.74, 6) is 0.567. The van der Waals surface area contributed by atoms with Crippen molar-refractivity contribution in [3.8, 4) is 0 Å². The molecule has 0 N–H and O–H groups in total. The van der Waals surface area contributed by atoms with Gasteiger partial charge in [-0.1, -0.05) is 41.5 Å². The minimum atomic E-state index is 0.0295. The predicted molar refractivity (Wildman–Crippen MR) is 58.9 cm³/mol. The van der Waals surface area contributed by atoms with Gasteiger partial charge >= 0.3 is 0 Å². The molecule has 0 aliphatic carbocycles. The summed E-state index contributed by atoms with van der Waals surface area (Å²) in [4.78, 5) is 0. The van der Waals surface area contributed by atoms with Gasteiger partial charge in [0.25, 0.3) is 0 Å². The highest BCUT2D eigenvalue weighted by atomic mass is 16.5. The van der Waals surface area contributed by atoms with Gasteiger partial charge in [0.1, 0.15) is 0 Å². The quantitative estimate of drug-likeness (QED) is 0.633. The van der Waals surface area contributed by atoms with E-state index in [-0.39, 0.29) is 11.0 Å². The van der Waals surface area contributed by atoms with Crippen molar-refractivity contribution in [2.24, 2.45) is 11.3 Å². The van der Waals surface area contributed by atoms with Gasteiger partial charge in [0.2, 0.25) is 0 Å². The molecule has 0 aliphatic rings. The molecule has 0 saturated heterocycles. The average molecular weight is 186 g/mol. The SMILES string of the molecule is CCC(C)(C)[C@@](CC)(OC)C(C)C. The van der Waals surface area contributed by atoms with Crippen LogP contribution in [0.4, 0.5) is 0 Å². The van der Waals surface area contributed by atoms with Crippen LogP contribution in [0.2, 0.25) is 0 Å². The molecule has 1 atom stereocenters. The van der Waals surface area contributed by atoms with Gasteiger partial charge in [-0.15, -0.1) is 0 Å². The molecule has 1 heteroatoms. The van der Waals surface area contributed by atoms with Crippen molar-refractivity contribution in [2.45, 2.75) is 60.0 Å². The molecule has 0 radical (unpaired) electrons. The van der Waals surface area contributed by atoms with Crippen LogP contribution in [-0.4, -0.2) is 12.7 Å². The van der Waals surface area contributed by atoms with E-state index in [0.717, 1.165) is 12.8 Å². The minimum Gasteiger partial charge on any atom is -0.377 e. The zero-order valence-corrected chi connectivity index (χ0v) is 10.4. The van der Waals surface area contributed by atoms with Crippen LogP contribution in [-0.2, 0) is 4.74 Å². The third-order valence-electron chi connectivity index (χ3n) is 3.85. The Balaban J connectivity index is 4.97. The second-order valence-electron chi connectivity index (χ2n) is 4.84. The molecule has 0 rings (SSSR count). The van der Waals surface area contributed by atoms with Crippen molar-refractivity contribution in [2.75, 3.05) is 7.11 Å². The molecule has 0 heterocycles. The molecule has 0 saturated carbocycles. The Bertz CT molecular complexity index is 143. The molecule has 80 valence electrons. The summed E-state index contributed by atoms with van der Waals surface area (Å²) in [6.45, 7) is 13.6. The van der Waals surface area contributed by atoms with Gasteiger partial charge in [-0.05, 0) is 24.2 Å². The van der Waals surface area contributed by atoms with Crippen molar-refractivity contribution in [3.05, 3.63) is 0 Å². The lowest BCUT2D eigenvalue weighted by molar-refractivity contribution is -0.135. The van der Waals surface area contributed by atoms with Gasteiger partial charge in [0, 0.05) is 7.11 Å². The fourth-order valence-corrected chi connectivity index (χ4v) is 2.62. The van der Waals surface area contributed by atoms with E-state index in [1.54, 1.807) is 0 Å². The highest BCUT2D eigenvalue weighted by molar-refractivity contribution is 4.95. The lowest BCUT2D eigenvalue weighted by Gasteiger charge is -2.48. The lowest BCUT2D eigenvalue weighted by Crippen LogP contribution is -2.49. The van der Waals surface area contributed by atoms with Gasteiger partial charge in [0.15, 0.2) is 0 Å². The first kappa shape index (κ1) is 13.0.